The Morgan fingerprint density at radius 1 is 1.00 bits per heavy atom. The number of rotatable bonds is 8. The van der Waals surface area contributed by atoms with E-state index in [1.165, 1.54) is 5.56 Å². The third kappa shape index (κ3) is 8.23. The van der Waals surface area contributed by atoms with Crippen molar-refractivity contribution in [2.24, 2.45) is 0 Å². The Labute approximate surface area is 199 Å². The topological polar surface area (TPSA) is 58.6 Å². The van der Waals surface area contributed by atoms with Crippen LogP contribution < -0.4 is 10.1 Å². The van der Waals surface area contributed by atoms with E-state index in [-0.39, 0.29) is 29.4 Å². The second-order valence-corrected chi connectivity index (χ2v) is 10.7. The minimum absolute atomic E-state index is 0.0493. The van der Waals surface area contributed by atoms with Crippen molar-refractivity contribution in [1.29, 1.82) is 0 Å². The van der Waals surface area contributed by atoms with Gasteiger partial charge in [0.1, 0.15) is 11.8 Å². The van der Waals surface area contributed by atoms with Gasteiger partial charge in [-0.25, -0.2) is 0 Å². The van der Waals surface area contributed by atoms with Crippen molar-refractivity contribution in [2.75, 3.05) is 6.61 Å². The lowest BCUT2D eigenvalue weighted by Crippen LogP contribution is -2.54. The van der Waals surface area contributed by atoms with Gasteiger partial charge in [0.15, 0.2) is 6.61 Å². The van der Waals surface area contributed by atoms with Gasteiger partial charge in [-0.15, -0.1) is 0 Å². The van der Waals surface area contributed by atoms with Crippen molar-refractivity contribution in [1.82, 2.24) is 10.2 Å². The average molecular weight is 453 g/mol. The second-order valence-electron chi connectivity index (χ2n) is 10.7. The van der Waals surface area contributed by atoms with Crippen molar-refractivity contribution in [3.8, 4) is 5.75 Å². The number of nitrogens with zero attached hydrogens (tertiary/aromatic N) is 1. The van der Waals surface area contributed by atoms with E-state index in [4.69, 9.17) is 4.74 Å². The normalized spacial score (nSPS) is 12.7. The summed E-state index contributed by atoms with van der Waals surface area (Å²) in [4.78, 5) is 28.0. The van der Waals surface area contributed by atoms with Gasteiger partial charge in [0.05, 0.1) is 0 Å². The number of carbonyl (C=O) groups excluding carboxylic acids is 2. The molecule has 0 saturated heterocycles. The zero-order valence-corrected chi connectivity index (χ0v) is 21.5. The summed E-state index contributed by atoms with van der Waals surface area (Å²) in [5, 5.41) is 3.02. The minimum atomic E-state index is -0.580. The van der Waals surface area contributed by atoms with Crippen LogP contribution in [0.15, 0.2) is 48.5 Å². The third-order valence-electron chi connectivity index (χ3n) is 5.40. The molecule has 33 heavy (non-hydrogen) atoms. The lowest BCUT2D eigenvalue weighted by molar-refractivity contribution is -0.143. The van der Waals surface area contributed by atoms with Crippen molar-refractivity contribution in [3.05, 3.63) is 65.2 Å². The summed E-state index contributed by atoms with van der Waals surface area (Å²) >= 11 is 0. The molecule has 0 aromatic heterocycles. The molecule has 0 saturated carbocycles. The Morgan fingerprint density at radius 3 is 2.15 bits per heavy atom. The minimum Gasteiger partial charge on any atom is -0.484 e. The number of carbonyl (C=O) groups is 2. The monoisotopic (exact) mass is 452 g/mol. The van der Waals surface area contributed by atoms with E-state index < -0.39 is 6.04 Å². The maximum atomic E-state index is 13.3. The number of benzene rings is 2. The molecule has 0 heterocycles. The number of hydrogen-bond acceptors (Lipinski definition) is 3. The average Bonchev–Trinajstić information content (AvgIpc) is 2.70. The Balaban J connectivity index is 2.22. The van der Waals surface area contributed by atoms with E-state index in [1.54, 1.807) is 4.90 Å². The molecule has 2 aromatic carbocycles. The van der Waals surface area contributed by atoms with Crippen LogP contribution in [0.25, 0.3) is 0 Å². The number of hydrogen-bond donors (Lipinski definition) is 1. The quantitative estimate of drug-likeness (QED) is 0.584. The van der Waals surface area contributed by atoms with Gasteiger partial charge < -0.3 is 15.0 Å². The molecular formula is C28H40N2O3. The number of nitrogens with one attached hydrogen (secondary N) is 1. The van der Waals surface area contributed by atoms with E-state index >= 15 is 0 Å². The van der Waals surface area contributed by atoms with Crippen molar-refractivity contribution in [3.63, 3.8) is 0 Å². The van der Waals surface area contributed by atoms with Gasteiger partial charge in [-0.05, 0) is 62.8 Å². The SMILES string of the molecule is CC[C@H](C(=O)NC(C)(C)C)N(Cc1cccc(C)c1)C(=O)COc1ccc(C(C)(C)C)cc1. The molecule has 180 valence electrons. The van der Waals surface area contributed by atoms with E-state index in [1.807, 2.05) is 83.1 Å². The molecule has 0 aliphatic heterocycles. The van der Waals surface area contributed by atoms with E-state index in [2.05, 4.69) is 26.1 Å². The predicted octanol–water partition coefficient (Wildman–Crippen LogP) is 5.39. The first-order chi connectivity index (χ1) is 15.3. The summed E-state index contributed by atoms with van der Waals surface area (Å²) in [6.07, 6.45) is 0.514. The summed E-state index contributed by atoms with van der Waals surface area (Å²) in [6, 6.07) is 15.3. The molecule has 2 amide bonds. The van der Waals surface area contributed by atoms with Gasteiger partial charge in [0, 0.05) is 12.1 Å². The van der Waals surface area contributed by atoms with Crippen LogP contribution in [0.4, 0.5) is 0 Å². The zero-order valence-electron chi connectivity index (χ0n) is 21.5. The molecule has 0 unspecified atom stereocenters. The molecular weight excluding hydrogens is 412 g/mol. The van der Waals surface area contributed by atoms with Crippen molar-refractivity contribution < 1.29 is 14.3 Å². The first-order valence-electron chi connectivity index (χ1n) is 11.7. The standard InChI is InChI=1S/C28H40N2O3/c1-9-24(26(32)29-28(6,7)8)30(18-21-12-10-11-20(2)17-21)25(31)19-33-23-15-13-22(14-16-23)27(3,4)5/h10-17,24H,9,18-19H2,1-8H3,(H,29,32)/t24-/m1/s1. The highest BCUT2D eigenvalue weighted by Crippen LogP contribution is 2.24. The van der Waals surface area contributed by atoms with Crippen LogP contribution in [-0.2, 0) is 21.5 Å². The molecule has 0 aliphatic carbocycles. The Bertz CT molecular complexity index is 937. The maximum absolute atomic E-state index is 13.3. The molecule has 2 aromatic rings. The van der Waals surface area contributed by atoms with Gasteiger partial charge in [-0.2, -0.15) is 0 Å². The zero-order chi connectivity index (χ0) is 24.8. The number of amides is 2. The Morgan fingerprint density at radius 2 is 1.64 bits per heavy atom. The summed E-state index contributed by atoms with van der Waals surface area (Å²) in [7, 11) is 0. The summed E-state index contributed by atoms with van der Waals surface area (Å²) < 4.78 is 5.83. The highest BCUT2D eigenvalue weighted by atomic mass is 16.5. The third-order valence-corrected chi connectivity index (χ3v) is 5.40. The molecule has 0 aliphatic rings. The van der Waals surface area contributed by atoms with Gasteiger partial charge in [0.2, 0.25) is 5.91 Å². The van der Waals surface area contributed by atoms with Gasteiger partial charge >= 0.3 is 0 Å². The first-order valence-corrected chi connectivity index (χ1v) is 11.7. The Kier molecular flexibility index (Phi) is 8.70. The van der Waals surface area contributed by atoms with Crippen LogP contribution in [0.3, 0.4) is 0 Å². The highest BCUT2D eigenvalue weighted by molar-refractivity contribution is 5.88. The lowest BCUT2D eigenvalue weighted by Gasteiger charge is -2.33. The van der Waals surface area contributed by atoms with Gasteiger partial charge in [-0.1, -0.05) is 69.7 Å². The fourth-order valence-corrected chi connectivity index (χ4v) is 3.66. The fraction of sp³-hybridized carbons (Fsp3) is 0.500. The fourth-order valence-electron chi connectivity index (χ4n) is 3.66. The summed E-state index contributed by atoms with van der Waals surface area (Å²) in [5.41, 5.74) is 2.97. The largest absolute Gasteiger partial charge is 0.484 e. The van der Waals surface area contributed by atoms with Gasteiger partial charge in [-0.3, -0.25) is 9.59 Å². The maximum Gasteiger partial charge on any atom is 0.261 e. The predicted molar refractivity (Wildman–Crippen MR) is 134 cm³/mol. The highest BCUT2D eigenvalue weighted by Gasteiger charge is 2.31. The van der Waals surface area contributed by atoms with Crippen molar-refractivity contribution in [2.45, 2.75) is 85.4 Å². The first kappa shape index (κ1) is 26.4. The molecule has 1 atom stereocenters. The van der Waals surface area contributed by atoms with Crippen LogP contribution in [0.2, 0.25) is 0 Å². The van der Waals surface area contributed by atoms with Crippen LogP contribution in [0.5, 0.6) is 5.75 Å². The van der Waals surface area contributed by atoms with Gasteiger partial charge in [0.25, 0.3) is 5.91 Å². The lowest BCUT2D eigenvalue weighted by atomic mass is 9.87. The van der Waals surface area contributed by atoms with E-state index in [0.717, 1.165) is 11.1 Å². The summed E-state index contributed by atoms with van der Waals surface area (Å²) in [5.74, 6) is 0.270. The van der Waals surface area contributed by atoms with Crippen LogP contribution >= 0.6 is 0 Å². The second kappa shape index (κ2) is 10.9. The molecule has 1 N–H and O–H groups in total. The number of aryl methyl sites for hydroxylation is 1. The molecule has 0 bridgehead atoms. The Hall–Kier alpha value is -2.82. The molecule has 5 heteroatoms. The van der Waals surface area contributed by atoms with Crippen LogP contribution in [0, 0.1) is 6.92 Å². The molecule has 0 spiro atoms. The molecule has 0 radical (unpaired) electrons. The molecule has 0 fully saturated rings. The smallest absolute Gasteiger partial charge is 0.261 e. The van der Waals surface area contributed by atoms with Crippen LogP contribution in [0.1, 0.15) is 71.6 Å². The van der Waals surface area contributed by atoms with Crippen molar-refractivity contribution >= 4 is 11.8 Å². The number of ether oxygens (including phenoxy) is 1. The van der Waals surface area contributed by atoms with E-state index in [9.17, 15) is 9.59 Å². The van der Waals surface area contributed by atoms with E-state index in [0.29, 0.717) is 18.7 Å². The summed E-state index contributed by atoms with van der Waals surface area (Å²) in [6.45, 7) is 16.5. The molecule has 2 rings (SSSR count). The van der Waals surface area contributed by atoms with Crippen LogP contribution in [-0.4, -0.2) is 34.9 Å². The molecule has 5 nitrogen and oxygen atoms in total.